The van der Waals surface area contributed by atoms with E-state index in [-0.39, 0.29) is 18.1 Å². The number of para-hydroxylation sites is 1. The number of carboxylic acids is 1. The van der Waals surface area contributed by atoms with E-state index in [4.69, 9.17) is 9.47 Å². The Morgan fingerprint density at radius 3 is 2.53 bits per heavy atom. The van der Waals surface area contributed by atoms with Gasteiger partial charge in [0.2, 0.25) is 0 Å². The summed E-state index contributed by atoms with van der Waals surface area (Å²) in [5.74, 6) is -3.51. The van der Waals surface area contributed by atoms with Crippen molar-refractivity contribution in [2.75, 3.05) is 26.1 Å². The SMILES string of the molecule is COCC1=C(C(=O)O)N2C(=O)[C@@H](NC(=O)COc3cc(C(F)(F)F)nc4c(C(F)(F)F)cccc34)[C@H]2SC1. The van der Waals surface area contributed by atoms with Crippen LogP contribution in [-0.4, -0.2) is 70.3 Å². The van der Waals surface area contributed by atoms with Crippen molar-refractivity contribution in [3.63, 3.8) is 0 Å². The molecule has 0 unspecified atom stereocenters. The quantitative estimate of drug-likeness (QED) is 0.389. The number of aliphatic carboxylic acids is 1. The number of ether oxygens (including phenoxy) is 2. The molecule has 38 heavy (non-hydrogen) atoms. The van der Waals surface area contributed by atoms with Crippen LogP contribution in [0, 0.1) is 0 Å². The smallest absolute Gasteiger partial charge is 0.433 e. The van der Waals surface area contributed by atoms with Crippen molar-refractivity contribution in [3.05, 3.63) is 46.8 Å². The molecule has 4 rings (SSSR count). The maximum Gasteiger partial charge on any atom is 0.433 e. The summed E-state index contributed by atoms with van der Waals surface area (Å²) < 4.78 is 90.3. The van der Waals surface area contributed by atoms with Crippen molar-refractivity contribution in [3.8, 4) is 5.75 Å². The topological polar surface area (TPSA) is 118 Å². The Morgan fingerprint density at radius 2 is 1.92 bits per heavy atom. The van der Waals surface area contributed by atoms with Crippen LogP contribution in [-0.2, 0) is 31.5 Å². The molecule has 0 radical (unpaired) electrons. The van der Waals surface area contributed by atoms with E-state index in [0.29, 0.717) is 17.7 Å². The third-order valence-electron chi connectivity index (χ3n) is 5.64. The van der Waals surface area contributed by atoms with Gasteiger partial charge in [-0.05, 0) is 17.7 Å². The third-order valence-corrected chi connectivity index (χ3v) is 6.98. The molecule has 2 N–H and O–H groups in total. The summed E-state index contributed by atoms with van der Waals surface area (Å²) in [5.41, 5.74) is -3.97. The minimum atomic E-state index is -5.11. The van der Waals surface area contributed by atoms with Crippen LogP contribution in [0.4, 0.5) is 26.3 Å². The number of alkyl halides is 6. The van der Waals surface area contributed by atoms with Gasteiger partial charge in [-0.1, -0.05) is 6.07 Å². The van der Waals surface area contributed by atoms with Gasteiger partial charge >= 0.3 is 18.3 Å². The molecule has 1 saturated heterocycles. The van der Waals surface area contributed by atoms with Crippen molar-refractivity contribution in [1.82, 2.24) is 15.2 Å². The summed E-state index contributed by atoms with van der Waals surface area (Å²) in [6.45, 7) is -0.962. The summed E-state index contributed by atoms with van der Waals surface area (Å²) in [5, 5.41) is 10.7. The molecule has 0 aliphatic carbocycles. The molecule has 2 aliphatic rings. The minimum absolute atomic E-state index is 0.0220. The van der Waals surface area contributed by atoms with Crippen LogP contribution in [0.2, 0.25) is 0 Å². The molecule has 2 amide bonds. The molecule has 16 heteroatoms. The molecule has 0 bridgehead atoms. The number of carbonyl (C=O) groups is 3. The number of carbonyl (C=O) groups excluding carboxylic acids is 2. The van der Waals surface area contributed by atoms with E-state index in [1.165, 1.54) is 18.9 Å². The number of benzene rings is 1. The minimum Gasteiger partial charge on any atom is -0.483 e. The van der Waals surface area contributed by atoms with Crippen LogP contribution in [0.3, 0.4) is 0 Å². The fourth-order valence-electron chi connectivity index (χ4n) is 4.04. The van der Waals surface area contributed by atoms with Crippen LogP contribution in [0.5, 0.6) is 5.75 Å². The molecule has 2 aliphatic heterocycles. The number of thioether (sulfide) groups is 1. The van der Waals surface area contributed by atoms with Crippen LogP contribution >= 0.6 is 11.8 Å². The second-order valence-corrected chi connectivity index (χ2v) is 9.24. The Bertz CT molecular complexity index is 1350. The fourth-order valence-corrected chi connectivity index (χ4v) is 5.37. The van der Waals surface area contributed by atoms with Crippen molar-refractivity contribution >= 4 is 40.4 Å². The molecule has 1 aromatic heterocycles. The molecule has 0 spiro atoms. The summed E-state index contributed by atoms with van der Waals surface area (Å²) in [6.07, 6.45) is -10.1. The van der Waals surface area contributed by atoms with Crippen LogP contribution in [0.1, 0.15) is 11.3 Å². The molecule has 3 heterocycles. The monoisotopic (exact) mass is 565 g/mol. The molecule has 1 aromatic carbocycles. The average Bonchev–Trinajstić information content (AvgIpc) is 2.83. The highest BCUT2D eigenvalue weighted by atomic mass is 32.2. The first-order valence-corrected chi connectivity index (χ1v) is 11.7. The van der Waals surface area contributed by atoms with Crippen LogP contribution in [0.15, 0.2) is 35.5 Å². The van der Waals surface area contributed by atoms with Gasteiger partial charge in [0.25, 0.3) is 11.8 Å². The van der Waals surface area contributed by atoms with Gasteiger partial charge in [-0.15, -0.1) is 11.8 Å². The first-order valence-electron chi connectivity index (χ1n) is 10.6. The molecule has 2 aromatic rings. The van der Waals surface area contributed by atoms with Gasteiger partial charge in [-0.2, -0.15) is 26.3 Å². The average molecular weight is 565 g/mol. The number of carboxylic acid groups (broad SMARTS) is 1. The standard InChI is InChI=1S/C22H17F6N3O6S/c1-36-6-9-8-38-19-16(18(33)31(19)17(9)20(34)35)30-14(32)7-37-12-5-13(22(26,27)28)29-15-10(12)3-2-4-11(15)21(23,24)25/h2-5,16,19H,6-8H2,1H3,(H,30,32)(H,34,35)/t16-,19-/m1/s1. The van der Waals surface area contributed by atoms with E-state index < -0.39 is 76.1 Å². The number of pyridine rings is 1. The zero-order valence-corrected chi connectivity index (χ0v) is 20.0. The Balaban J connectivity index is 1.53. The maximum absolute atomic E-state index is 13.4. The Morgan fingerprint density at radius 1 is 1.21 bits per heavy atom. The predicted octanol–water partition coefficient (Wildman–Crippen LogP) is 3.04. The highest BCUT2D eigenvalue weighted by Gasteiger charge is 2.54. The maximum atomic E-state index is 13.4. The zero-order chi connectivity index (χ0) is 28.0. The van der Waals surface area contributed by atoms with Gasteiger partial charge in [-0.3, -0.25) is 14.5 Å². The third kappa shape index (κ3) is 5.09. The van der Waals surface area contributed by atoms with E-state index in [1.807, 2.05) is 0 Å². The number of nitrogens with zero attached hydrogens (tertiary/aromatic N) is 2. The van der Waals surface area contributed by atoms with Crippen LogP contribution in [0.25, 0.3) is 10.9 Å². The lowest BCUT2D eigenvalue weighted by Crippen LogP contribution is -2.71. The largest absolute Gasteiger partial charge is 0.483 e. The molecular formula is C22H17F6N3O6S. The Labute approximate surface area is 213 Å². The molecule has 0 saturated carbocycles. The molecule has 204 valence electrons. The second kappa shape index (κ2) is 9.98. The number of nitrogens with one attached hydrogen (secondary N) is 1. The Hall–Kier alpha value is -3.53. The normalized spacial score (nSPS) is 19.8. The molecule has 9 nitrogen and oxygen atoms in total. The van der Waals surface area contributed by atoms with Gasteiger partial charge in [0.15, 0.2) is 6.61 Å². The molecule has 1 fully saturated rings. The van der Waals surface area contributed by atoms with E-state index in [0.717, 1.165) is 17.0 Å². The Kier molecular flexibility index (Phi) is 7.22. The number of amides is 2. The summed E-state index contributed by atoms with van der Waals surface area (Å²) in [4.78, 5) is 40.9. The van der Waals surface area contributed by atoms with Crippen LogP contribution < -0.4 is 10.1 Å². The number of fused-ring (bicyclic) bond motifs is 2. The van der Waals surface area contributed by atoms with Gasteiger partial charge in [0, 0.05) is 24.3 Å². The van der Waals surface area contributed by atoms with E-state index in [2.05, 4.69) is 10.3 Å². The highest BCUT2D eigenvalue weighted by Crippen LogP contribution is 2.41. The van der Waals surface area contributed by atoms with Gasteiger partial charge < -0.3 is 19.9 Å². The van der Waals surface area contributed by atoms with Crippen molar-refractivity contribution < 1.29 is 55.3 Å². The second-order valence-electron chi connectivity index (χ2n) is 8.14. The summed E-state index contributed by atoms with van der Waals surface area (Å²) >= 11 is 1.17. The van der Waals surface area contributed by atoms with Crippen molar-refractivity contribution in [2.24, 2.45) is 0 Å². The van der Waals surface area contributed by atoms with E-state index in [1.54, 1.807) is 0 Å². The number of methoxy groups -OCH3 is 1. The fraction of sp³-hybridized carbons (Fsp3) is 0.364. The van der Waals surface area contributed by atoms with Crippen molar-refractivity contribution in [1.29, 1.82) is 0 Å². The molecular weight excluding hydrogens is 548 g/mol. The predicted molar refractivity (Wildman–Crippen MR) is 119 cm³/mol. The number of hydrogen-bond acceptors (Lipinski definition) is 7. The first kappa shape index (κ1) is 27.5. The number of aromatic nitrogens is 1. The lowest BCUT2D eigenvalue weighted by atomic mass is 10.0. The summed E-state index contributed by atoms with van der Waals surface area (Å²) in [7, 11) is 1.36. The number of β-lactam (4-membered cyclic amide) rings is 1. The van der Waals surface area contributed by atoms with Crippen molar-refractivity contribution in [2.45, 2.75) is 23.8 Å². The number of halogens is 6. The van der Waals surface area contributed by atoms with E-state index in [9.17, 15) is 45.8 Å². The number of rotatable bonds is 7. The first-order chi connectivity index (χ1) is 17.7. The zero-order valence-electron chi connectivity index (χ0n) is 19.1. The van der Waals surface area contributed by atoms with Gasteiger partial charge in [0.05, 0.1) is 17.7 Å². The lowest BCUT2D eigenvalue weighted by Gasteiger charge is -2.49. The molecule has 2 atom stereocenters. The summed E-state index contributed by atoms with van der Waals surface area (Å²) in [6, 6.07) is 1.82. The van der Waals surface area contributed by atoms with Gasteiger partial charge in [0.1, 0.15) is 28.6 Å². The van der Waals surface area contributed by atoms with E-state index >= 15 is 0 Å². The highest BCUT2D eigenvalue weighted by molar-refractivity contribution is 8.00. The number of hydrogen-bond donors (Lipinski definition) is 2. The lowest BCUT2D eigenvalue weighted by molar-refractivity contribution is -0.151. The van der Waals surface area contributed by atoms with Gasteiger partial charge in [-0.25, -0.2) is 9.78 Å².